The largest absolute Gasteiger partial charge is 0.367 e. The van der Waals surface area contributed by atoms with Crippen molar-refractivity contribution in [3.8, 4) is 0 Å². The van der Waals surface area contributed by atoms with Crippen LogP contribution in [-0.2, 0) is 0 Å². The molecular weight excluding hydrogens is 218 g/mol. The molecule has 0 bridgehead atoms. The first-order valence-electron chi connectivity index (χ1n) is 4.92. The van der Waals surface area contributed by atoms with Gasteiger partial charge in [-0.2, -0.15) is 5.10 Å². The van der Waals surface area contributed by atoms with Crippen molar-refractivity contribution >= 4 is 23.1 Å². The first-order chi connectivity index (χ1) is 8.29. The predicted molar refractivity (Wildman–Crippen MR) is 65.9 cm³/mol. The smallest absolute Gasteiger partial charge is 0.237 e. The molecule has 0 unspecified atom stereocenters. The Morgan fingerprint density at radius 2 is 2.12 bits per heavy atom. The van der Waals surface area contributed by atoms with Gasteiger partial charge in [-0.1, -0.05) is 24.3 Å². The number of guanidine groups is 1. The normalized spacial score (nSPS) is 12.2. The lowest BCUT2D eigenvalue weighted by atomic mass is 10.2. The predicted octanol–water partition coefficient (Wildman–Crippen LogP) is 0.862. The zero-order valence-corrected chi connectivity index (χ0v) is 8.91. The minimum atomic E-state index is -0.179. The van der Waals surface area contributed by atoms with Gasteiger partial charge in [0.05, 0.1) is 17.4 Å². The molecule has 0 fully saturated rings. The van der Waals surface area contributed by atoms with Gasteiger partial charge >= 0.3 is 0 Å². The summed E-state index contributed by atoms with van der Waals surface area (Å²) in [6.45, 7) is 0. The molecular formula is C11H11N5O. The number of hydrogen-bond acceptors (Lipinski definition) is 4. The van der Waals surface area contributed by atoms with E-state index in [9.17, 15) is 0 Å². The first kappa shape index (κ1) is 11.0. The summed E-state index contributed by atoms with van der Waals surface area (Å²) < 4.78 is 0. The summed E-state index contributed by atoms with van der Waals surface area (Å²) >= 11 is 0. The van der Waals surface area contributed by atoms with E-state index >= 15 is 0 Å². The Morgan fingerprint density at radius 3 is 2.94 bits per heavy atom. The van der Waals surface area contributed by atoms with Crippen LogP contribution in [-0.4, -0.2) is 22.4 Å². The van der Waals surface area contributed by atoms with Crippen molar-refractivity contribution in [1.82, 2.24) is 10.5 Å². The quantitative estimate of drug-likeness (QED) is 0.404. The molecule has 2 aromatic rings. The van der Waals surface area contributed by atoms with Crippen LogP contribution in [0.5, 0.6) is 0 Å². The zero-order valence-electron chi connectivity index (χ0n) is 8.91. The standard InChI is InChI=1S/C11H11N5O/c12-11(16-17)15-13-7-9-6-5-8-3-1-2-4-10(8)14-9/h1-7,17H,(H3,12,15,16). The maximum Gasteiger partial charge on any atom is 0.237 e. The molecule has 86 valence electrons. The molecule has 2 rings (SSSR count). The monoisotopic (exact) mass is 229 g/mol. The summed E-state index contributed by atoms with van der Waals surface area (Å²) in [6, 6.07) is 11.5. The van der Waals surface area contributed by atoms with E-state index in [2.05, 4.69) is 15.2 Å². The third kappa shape index (κ3) is 2.76. The van der Waals surface area contributed by atoms with E-state index < -0.39 is 0 Å². The lowest BCUT2D eigenvalue weighted by Crippen LogP contribution is -2.27. The molecule has 1 aromatic heterocycles. The first-order valence-corrected chi connectivity index (χ1v) is 4.92. The molecule has 0 radical (unpaired) electrons. The molecule has 6 heteroatoms. The van der Waals surface area contributed by atoms with Crippen LogP contribution < -0.4 is 11.2 Å². The van der Waals surface area contributed by atoms with Gasteiger partial charge in [0, 0.05) is 5.39 Å². The Balaban J connectivity index is 2.25. The lowest BCUT2D eigenvalue weighted by Gasteiger charge is -1.97. The summed E-state index contributed by atoms with van der Waals surface area (Å²) in [4.78, 5) is 4.36. The topological polar surface area (TPSA) is 95.9 Å². The average molecular weight is 229 g/mol. The number of para-hydroxylation sites is 1. The molecule has 0 spiro atoms. The summed E-state index contributed by atoms with van der Waals surface area (Å²) in [5.74, 6) is -0.179. The van der Waals surface area contributed by atoms with Gasteiger partial charge in [-0.05, 0) is 12.1 Å². The minimum Gasteiger partial charge on any atom is -0.367 e. The van der Waals surface area contributed by atoms with Gasteiger partial charge in [-0.25, -0.2) is 10.5 Å². The number of rotatable bonds is 2. The maximum atomic E-state index is 8.38. The van der Waals surface area contributed by atoms with Gasteiger partial charge in [-0.3, -0.25) is 5.21 Å². The number of hydrogen-bond donors (Lipinski definition) is 3. The number of nitrogens with two attached hydrogens (primary N) is 1. The number of nitrogens with one attached hydrogen (secondary N) is 1. The van der Waals surface area contributed by atoms with Crippen LogP contribution in [0.1, 0.15) is 5.69 Å². The van der Waals surface area contributed by atoms with Crippen molar-refractivity contribution in [3.63, 3.8) is 0 Å². The Labute approximate surface area is 97.5 Å². The maximum absolute atomic E-state index is 8.38. The van der Waals surface area contributed by atoms with Crippen molar-refractivity contribution in [2.45, 2.75) is 0 Å². The Hall–Kier alpha value is -2.47. The van der Waals surface area contributed by atoms with E-state index in [1.165, 1.54) is 6.21 Å². The summed E-state index contributed by atoms with van der Waals surface area (Å²) in [6.07, 6.45) is 1.46. The van der Waals surface area contributed by atoms with Crippen LogP contribution in [0, 0.1) is 0 Å². The van der Waals surface area contributed by atoms with E-state index in [1.807, 2.05) is 36.4 Å². The van der Waals surface area contributed by atoms with Gasteiger partial charge in [0.2, 0.25) is 5.96 Å². The molecule has 0 saturated carbocycles. The second kappa shape index (κ2) is 5.04. The molecule has 4 N–H and O–H groups in total. The van der Waals surface area contributed by atoms with Crippen LogP contribution in [0.15, 0.2) is 46.6 Å². The van der Waals surface area contributed by atoms with E-state index in [-0.39, 0.29) is 5.96 Å². The zero-order chi connectivity index (χ0) is 12.1. The molecule has 0 aliphatic rings. The third-order valence-corrected chi connectivity index (χ3v) is 2.09. The highest BCUT2D eigenvalue weighted by molar-refractivity contribution is 5.85. The van der Waals surface area contributed by atoms with Crippen LogP contribution in [0.4, 0.5) is 0 Å². The van der Waals surface area contributed by atoms with Gasteiger partial charge in [-0.15, -0.1) is 5.10 Å². The van der Waals surface area contributed by atoms with Crippen LogP contribution in [0.2, 0.25) is 0 Å². The van der Waals surface area contributed by atoms with Crippen molar-refractivity contribution in [2.24, 2.45) is 15.9 Å². The van der Waals surface area contributed by atoms with E-state index in [0.717, 1.165) is 10.9 Å². The fourth-order valence-electron chi connectivity index (χ4n) is 1.33. The molecule has 0 amide bonds. The van der Waals surface area contributed by atoms with Crippen molar-refractivity contribution in [3.05, 3.63) is 42.1 Å². The molecule has 0 atom stereocenters. The van der Waals surface area contributed by atoms with Crippen molar-refractivity contribution in [2.75, 3.05) is 0 Å². The highest BCUT2D eigenvalue weighted by atomic mass is 16.5. The Kier molecular flexibility index (Phi) is 3.27. The second-order valence-electron chi connectivity index (χ2n) is 3.27. The number of nitrogens with zero attached hydrogens (tertiary/aromatic N) is 3. The number of aromatic nitrogens is 1. The van der Waals surface area contributed by atoms with Gasteiger partial charge < -0.3 is 5.73 Å². The molecule has 0 aliphatic carbocycles. The summed E-state index contributed by atoms with van der Waals surface area (Å²) in [5, 5.41) is 16.6. The molecule has 0 saturated heterocycles. The molecule has 1 heterocycles. The van der Waals surface area contributed by atoms with E-state index in [1.54, 1.807) is 5.48 Å². The fourth-order valence-corrected chi connectivity index (χ4v) is 1.33. The van der Waals surface area contributed by atoms with Gasteiger partial charge in [0.1, 0.15) is 0 Å². The minimum absolute atomic E-state index is 0.179. The highest BCUT2D eigenvalue weighted by Gasteiger charge is 1.94. The number of benzene rings is 1. The van der Waals surface area contributed by atoms with Crippen LogP contribution in [0.25, 0.3) is 10.9 Å². The van der Waals surface area contributed by atoms with Gasteiger partial charge in [0.25, 0.3) is 0 Å². The van der Waals surface area contributed by atoms with Crippen LogP contribution >= 0.6 is 0 Å². The molecule has 1 aromatic carbocycles. The fraction of sp³-hybridized carbons (Fsp3) is 0. The highest BCUT2D eigenvalue weighted by Crippen LogP contribution is 2.10. The average Bonchev–Trinajstić information content (AvgIpc) is 2.38. The molecule has 6 nitrogen and oxygen atoms in total. The number of fused-ring (bicyclic) bond motifs is 1. The number of pyridine rings is 1. The second-order valence-corrected chi connectivity index (χ2v) is 3.27. The van der Waals surface area contributed by atoms with Crippen molar-refractivity contribution < 1.29 is 5.21 Å². The van der Waals surface area contributed by atoms with E-state index in [4.69, 9.17) is 10.9 Å². The molecule has 17 heavy (non-hydrogen) atoms. The lowest BCUT2D eigenvalue weighted by molar-refractivity contribution is 0.232. The molecule has 0 aliphatic heterocycles. The third-order valence-electron chi connectivity index (χ3n) is 2.09. The van der Waals surface area contributed by atoms with Gasteiger partial charge in [0.15, 0.2) is 0 Å². The summed E-state index contributed by atoms with van der Waals surface area (Å²) in [5.41, 5.74) is 8.40. The number of hydroxylamine groups is 1. The van der Waals surface area contributed by atoms with E-state index in [0.29, 0.717) is 5.69 Å². The Bertz CT molecular complexity index is 579. The van der Waals surface area contributed by atoms with Crippen LogP contribution in [0.3, 0.4) is 0 Å². The Morgan fingerprint density at radius 1 is 1.29 bits per heavy atom. The SMILES string of the molecule is NC(=NN=Cc1ccc2ccccc2n1)NO. The summed E-state index contributed by atoms with van der Waals surface area (Å²) in [7, 11) is 0. The van der Waals surface area contributed by atoms with Crippen molar-refractivity contribution in [1.29, 1.82) is 0 Å².